The number of aromatic hydroxyl groups is 1. The van der Waals surface area contributed by atoms with E-state index in [1.165, 1.54) is 12.1 Å². The molecule has 0 bridgehead atoms. The van der Waals surface area contributed by atoms with Crippen LogP contribution in [0.3, 0.4) is 0 Å². The molecule has 6 heteroatoms. The summed E-state index contributed by atoms with van der Waals surface area (Å²) in [7, 11) is 0. The van der Waals surface area contributed by atoms with Crippen LogP contribution in [0.4, 0.5) is 18.9 Å². The van der Waals surface area contributed by atoms with Gasteiger partial charge in [0.05, 0.1) is 5.69 Å². The molecule has 0 aliphatic rings. The van der Waals surface area contributed by atoms with E-state index < -0.39 is 17.9 Å². The number of ether oxygens (including phenoxy) is 1. The lowest BCUT2D eigenvalue weighted by molar-refractivity contribution is -0.274. The molecule has 0 fully saturated rings. The Hall–Kier alpha value is -1.59. The molecule has 0 unspecified atom stereocenters. The van der Waals surface area contributed by atoms with Crippen molar-refractivity contribution in [2.75, 3.05) is 5.73 Å². The van der Waals surface area contributed by atoms with Gasteiger partial charge in [-0.3, -0.25) is 0 Å². The number of hydrogen-bond acceptors (Lipinski definition) is 3. The Morgan fingerprint density at radius 3 is 2.38 bits per heavy atom. The van der Waals surface area contributed by atoms with E-state index in [1.807, 2.05) is 0 Å². The van der Waals surface area contributed by atoms with E-state index in [0.717, 1.165) is 6.07 Å². The fourth-order valence-corrected chi connectivity index (χ4v) is 0.769. The van der Waals surface area contributed by atoms with Crippen LogP contribution in [0, 0.1) is 0 Å². The summed E-state index contributed by atoms with van der Waals surface area (Å²) in [5, 5.41) is 8.95. The van der Waals surface area contributed by atoms with Gasteiger partial charge in [0.15, 0.2) is 11.5 Å². The van der Waals surface area contributed by atoms with Crippen molar-refractivity contribution < 1.29 is 23.0 Å². The number of nitrogens with two attached hydrogens (primary N) is 1. The maximum atomic E-state index is 11.7. The zero-order chi connectivity index (χ0) is 10.1. The predicted molar refractivity (Wildman–Crippen MR) is 39.2 cm³/mol. The number of phenols is 1. The third-order valence-electron chi connectivity index (χ3n) is 1.24. The summed E-state index contributed by atoms with van der Waals surface area (Å²) in [6.45, 7) is 0. The molecule has 72 valence electrons. The van der Waals surface area contributed by atoms with Gasteiger partial charge in [-0.1, -0.05) is 6.07 Å². The molecule has 0 amide bonds. The molecular weight excluding hydrogens is 187 g/mol. The summed E-state index contributed by atoms with van der Waals surface area (Å²) < 4.78 is 38.6. The van der Waals surface area contributed by atoms with E-state index in [1.54, 1.807) is 0 Å². The molecular formula is C7H6F3NO2. The van der Waals surface area contributed by atoms with Gasteiger partial charge in [0.25, 0.3) is 0 Å². The second-order valence-corrected chi connectivity index (χ2v) is 2.24. The fourth-order valence-electron chi connectivity index (χ4n) is 0.769. The number of phenolic OH excluding ortho intramolecular Hbond substituents is 1. The van der Waals surface area contributed by atoms with Gasteiger partial charge in [-0.25, -0.2) is 0 Å². The highest BCUT2D eigenvalue weighted by atomic mass is 19.4. The fraction of sp³-hybridized carbons (Fsp3) is 0.143. The van der Waals surface area contributed by atoms with Gasteiger partial charge in [-0.2, -0.15) is 0 Å². The highest BCUT2D eigenvalue weighted by Gasteiger charge is 2.33. The Morgan fingerprint density at radius 1 is 1.31 bits per heavy atom. The van der Waals surface area contributed by atoms with E-state index in [-0.39, 0.29) is 5.69 Å². The predicted octanol–water partition coefficient (Wildman–Crippen LogP) is 1.87. The average Bonchev–Trinajstić information content (AvgIpc) is 1.95. The molecule has 0 radical (unpaired) electrons. The first-order valence-electron chi connectivity index (χ1n) is 3.23. The van der Waals surface area contributed by atoms with Crippen molar-refractivity contribution in [1.29, 1.82) is 0 Å². The summed E-state index contributed by atoms with van der Waals surface area (Å²) in [4.78, 5) is 0. The van der Waals surface area contributed by atoms with Crippen LogP contribution >= 0.6 is 0 Å². The van der Waals surface area contributed by atoms with E-state index in [4.69, 9.17) is 10.8 Å². The largest absolute Gasteiger partial charge is 0.573 e. The molecule has 1 aromatic rings. The second-order valence-electron chi connectivity index (χ2n) is 2.24. The first-order chi connectivity index (χ1) is 5.90. The molecule has 0 aliphatic heterocycles. The van der Waals surface area contributed by atoms with E-state index in [0.29, 0.717) is 0 Å². The lowest BCUT2D eigenvalue weighted by Gasteiger charge is -2.11. The number of alkyl halides is 3. The van der Waals surface area contributed by atoms with E-state index in [9.17, 15) is 13.2 Å². The number of para-hydroxylation sites is 1. The number of rotatable bonds is 1. The Bertz CT molecular complexity index is 291. The minimum absolute atomic E-state index is 0.266. The molecule has 0 atom stereocenters. The van der Waals surface area contributed by atoms with Crippen LogP contribution in [0.5, 0.6) is 11.5 Å². The van der Waals surface area contributed by atoms with Crippen molar-refractivity contribution in [3.63, 3.8) is 0 Å². The van der Waals surface area contributed by atoms with Crippen molar-refractivity contribution in [3.8, 4) is 11.5 Å². The smallest absolute Gasteiger partial charge is 0.504 e. The molecule has 1 aromatic carbocycles. The summed E-state index contributed by atoms with van der Waals surface area (Å²) in [5.41, 5.74) is 4.88. The molecule has 3 N–H and O–H groups in total. The third-order valence-corrected chi connectivity index (χ3v) is 1.24. The first-order valence-corrected chi connectivity index (χ1v) is 3.23. The van der Waals surface area contributed by atoms with Gasteiger partial charge >= 0.3 is 6.36 Å². The Morgan fingerprint density at radius 2 is 1.92 bits per heavy atom. The van der Waals surface area contributed by atoms with Crippen LogP contribution in [-0.4, -0.2) is 11.5 Å². The van der Waals surface area contributed by atoms with Gasteiger partial charge in [0.1, 0.15) is 0 Å². The van der Waals surface area contributed by atoms with Crippen LogP contribution in [0.15, 0.2) is 18.2 Å². The van der Waals surface area contributed by atoms with Crippen LogP contribution in [0.2, 0.25) is 0 Å². The van der Waals surface area contributed by atoms with Gasteiger partial charge in [-0.05, 0) is 12.1 Å². The lowest BCUT2D eigenvalue weighted by Crippen LogP contribution is -2.18. The molecule has 0 heterocycles. The molecule has 0 saturated heterocycles. The molecule has 13 heavy (non-hydrogen) atoms. The molecule has 0 aliphatic carbocycles. The summed E-state index contributed by atoms with van der Waals surface area (Å²) in [6.07, 6.45) is -4.85. The van der Waals surface area contributed by atoms with Crippen molar-refractivity contribution >= 4 is 5.69 Å². The van der Waals surface area contributed by atoms with Crippen molar-refractivity contribution in [1.82, 2.24) is 0 Å². The quantitative estimate of drug-likeness (QED) is 0.669. The van der Waals surface area contributed by atoms with Crippen molar-refractivity contribution in [3.05, 3.63) is 18.2 Å². The maximum absolute atomic E-state index is 11.7. The molecule has 0 aromatic heterocycles. The first kappa shape index (κ1) is 9.50. The number of nitrogen functional groups attached to an aromatic ring is 1. The Labute approximate surface area is 71.5 Å². The second kappa shape index (κ2) is 3.04. The van der Waals surface area contributed by atoms with Gasteiger partial charge < -0.3 is 15.6 Å². The average molecular weight is 193 g/mol. The Balaban J connectivity index is 3.00. The van der Waals surface area contributed by atoms with E-state index in [2.05, 4.69) is 4.74 Å². The standard InChI is InChI=1S/C7H6F3NO2/c8-7(9,10)13-6-4(11)2-1-3-5(6)12/h1-3,12H,11H2. The molecule has 0 spiro atoms. The van der Waals surface area contributed by atoms with Gasteiger partial charge in [-0.15, -0.1) is 13.2 Å². The summed E-state index contributed by atoms with van der Waals surface area (Å²) in [6, 6.07) is 3.56. The van der Waals surface area contributed by atoms with Crippen molar-refractivity contribution in [2.24, 2.45) is 0 Å². The summed E-state index contributed by atoms with van der Waals surface area (Å²) >= 11 is 0. The van der Waals surface area contributed by atoms with Crippen LogP contribution in [0.25, 0.3) is 0 Å². The third kappa shape index (κ3) is 2.43. The molecule has 0 saturated carbocycles. The van der Waals surface area contributed by atoms with Crippen LogP contribution < -0.4 is 10.5 Å². The number of hydrogen-bond donors (Lipinski definition) is 2. The highest BCUT2D eigenvalue weighted by Crippen LogP contribution is 2.35. The van der Waals surface area contributed by atoms with Crippen molar-refractivity contribution in [2.45, 2.75) is 6.36 Å². The van der Waals surface area contributed by atoms with Gasteiger partial charge in [0.2, 0.25) is 0 Å². The minimum atomic E-state index is -4.85. The highest BCUT2D eigenvalue weighted by molar-refractivity contribution is 5.59. The minimum Gasteiger partial charge on any atom is -0.504 e. The topological polar surface area (TPSA) is 55.5 Å². The lowest BCUT2D eigenvalue weighted by atomic mass is 10.3. The summed E-state index contributed by atoms with van der Waals surface area (Å²) in [5.74, 6) is -1.41. The number of anilines is 1. The maximum Gasteiger partial charge on any atom is 0.573 e. The van der Waals surface area contributed by atoms with Crippen LogP contribution in [-0.2, 0) is 0 Å². The number of halogens is 3. The zero-order valence-corrected chi connectivity index (χ0v) is 6.30. The monoisotopic (exact) mass is 193 g/mol. The van der Waals surface area contributed by atoms with E-state index >= 15 is 0 Å². The van der Waals surface area contributed by atoms with Gasteiger partial charge in [0, 0.05) is 0 Å². The molecule has 1 rings (SSSR count). The zero-order valence-electron chi connectivity index (χ0n) is 6.30. The number of benzene rings is 1. The van der Waals surface area contributed by atoms with Crippen LogP contribution in [0.1, 0.15) is 0 Å². The Kier molecular flexibility index (Phi) is 2.22. The SMILES string of the molecule is Nc1cccc(O)c1OC(F)(F)F. The molecule has 3 nitrogen and oxygen atoms in total. The normalized spacial score (nSPS) is 11.3.